The Morgan fingerprint density at radius 3 is 2.52 bits per heavy atom. The Labute approximate surface area is 136 Å². The lowest BCUT2D eigenvalue weighted by Crippen LogP contribution is -2.17. The van der Waals surface area contributed by atoms with E-state index >= 15 is 0 Å². The lowest BCUT2D eigenvalue weighted by molar-refractivity contribution is -0.115. The van der Waals surface area contributed by atoms with Crippen LogP contribution in [0, 0.1) is 0 Å². The molecule has 0 aromatic heterocycles. The number of ether oxygens (including phenoxy) is 1. The summed E-state index contributed by atoms with van der Waals surface area (Å²) in [6.45, 7) is 0. The second kappa shape index (κ2) is 6.50. The van der Waals surface area contributed by atoms with E-state index in [4.69, 9.17) is 4.74 Å². The van der Waals surface area contributed by atoms with E-state index in [1.54, 1.807) is 54.6 Å². The molecule has 2 aromatic carbocycles. The topological polar surface area (TPSA) is 72.5 Å². The number of imide groups is 1. The molecule has 1 saturated heterocycles. The van der Waals surface area contributed by atoms with E-state index in [0.29, 0.717) is 21.8 Å². The minimum atomic E-state index is -0.460. The van der Waals surface area contributed by atoms with Gasteiger partial charge in [0.05, 0.1) is 10.5 Å². The molecule has 0 atom stereocenters. The molecule has 6 heteroatoms. The minimum absolute atomic E-state index is 0.307. The van der Waals surface area contributed by atoms with E-state index in [9.17, 15) is 14.4 Å². The zero-order valence-electron chi connectivity index (χ0n) is 11.8. The summed E-state index contributed by atoms with van der Waals surface area (Å²) in [4.78, 5) is 35.0. The average Bonchev–Trinajstić information content (AvgIpc) is 2.86. The second-order valence-corrected chi connectivity index (χ2v) is 5.70. The molecule has 23 heavy (non-hydrogen) atoms. The summed E-state index contributed by atoms with van der Waals surface area (Å²) in [5.74, 6) is -0.520. The third kappa shape index (κ3) is 3.67. The summed E-state index contributed by atoms with van der Waals surface area (Å²) >= 11 is 0.839. The minimum Gasteiger partial charge on any atom is -0.423 e. The number of esters is 1. The maximum Gasteiger partial charge on any atom is 0.343 e. The van der Waals surface area contributed by atoms with Crippen molar-refractivity contribution in [1.82, 2.24) is 5.32 Å². The number of amides is 2. The molecule has 0 spiro atoms. The largest absolute Gasteiger partial charge is 0.423 e. The molecule has 114 valence electrons. The molecule has 1 fully saturated rings. The SMILES string of the molecule is O=C1NC(=O)/C(=C/c2cccc(OC(=O)c3ccccc3)c2)S1. The van der Waals surface area contributed by atoms with E-state index < -0.39 is 17.1 Å². The van der Waals surface area contributed by atoms with Crippen LogP contribution in [0.2, 0.25) is 0 Å². The van der Waals surface area contributed by atoms with Crippen LogP contribution in [-0.4, -0.2) is 17.1 Å². The predicted molar refractivity (Wildman–Crippen MR) is 86.9 cm³/mol. The van der Waals surface area contributed by atoms with Crippen molar-refractivity contribution in [1.29, 1.82) is 0 Å². The molecular weight excluding hydrogens is 314 g/mol. The molecule has 3 rings (SSSR count). The Morgan fingerprint density at radius 1 is 1.04 bits per heavy atom. The second-order valence-electron chi connectivity index (χ2n) is 4.68. The van der Waals surface area contributed by atoms with Crippen molar-refractivity contribution >= 4 is 35.0 Å². The van der Waals surface area contributed by atoms with Gasteiger partial charge in [0.1, 0.15) is 5.75 Å². The van der Waals surface area contributed by atoms with Gasteiger partial charge < -0.3 is 4.74 Å². The Morgan fingerprint density at radius 2 is 1.83 bits per heavy atom. The molecule has 5 nitrogen and oxygen atoms in total. The molecule has 0 saturated carbocycles. The molecule has 1 heterocycles. The van der Waals surface area contributed by atoms with E-state index in [-0.39, 0.29) is 0 Å². The summed E-state index contributed by atoms with van der Waals surface area (Å²) < 4.78 is 5.31. The molecular formula is C17H11NO4S. The zero-order valence-corrected chi connectivity index (χ0v) is 12.6. The molecule has 2 amide bonds. The number of rotatable bonds is 3. The van der Waals surface area contributed by atoms with Crippen LogP contribution in [0.5, 0.6) is 5.75 Å². The maximum absolute atomic E-state index is 12.0. The van der Waals surface area contributed by atoms with Gasteiger partial charge in [-0.25, -0.2) is 4.79 Å². The summed E-state index contributed by atoms with van der Waals surface area (Å²) in [5.41, 5.74) is 1.11. The first-order valence-electron chi connectivity index (χ1n) is 6.74. The number of carbonyl (C=O) groups excluding carboxylic acids is 3. The van der Waals surface area contributed by atoms with Crippen LogP contribution in [0.1, 0.15) is 15.9 Å². The third-order valence-electron chi connectivity index (χ3n) is 3.02. The average molecular weight is 325 g/mol. The molecule has 0 unspecified atom stereocenters. The molecule has 1 aliphatic rings. The van der Waals surface area contributed by atoms with Crippen LogP contribution in [0.3, 0.4) is 0 Å². The monoisotopic (exact) mass is 325 g/mol. The Bertz CT molecular complexity index is 814. The Kier molecular flexibility index (Phi) is 4.25. The molecule has 0 bridgehead atoms. The highest BCUT2D eigenvalue weighted by Gasteiger charge is 2.24. The summed E-state index contributed by atoms with van der Waals surface area (Å²) in [6, 6.07) is 15.4. The van der Waals surface area contributed by atoms with Crippen molar-refractivity contribution in [2.24, 2.45) is 0 Å². The molecule has 1 aliphatic heterocycles. The Hall–Kier alpha value is -2.86. The van der Waals surface area contributed by atoms with Gasteiger partial charge >= 0.3 is 5.97 Å². The number of hydrogen-bond donors (Lipinski definition) is 1. The number of thioether (sulfide) groups is 1. The van der Waals surface area contributed by atoms with Gasteiger partial charge in [0, 0.05) is 0 Å². The quantitative estimate of drug-likeness (QED) is 0.533. The molecule has 2 aromatic rings. The van der Waals surface area contributed by atoms with E-state index in [1.807, 2.05) is 6.07 Å². The van der Waals surface area contributed by atoms with Gasteiger partial charge in [0.25, 0.3) is 11.1 Å². The van der Waals surface area contributed by atoms with Gasteiger partial charge in [-0.15, -0.1) is 0 Å². The maximum atomic E-state index is 12.0. The lowest BCUT2D eigenvalue weighted by atomic mass is 10.2. The summed E-state index contributed by atoms with van der Waals surface area (Å²) in [5, 5.41) is 1.79. The highest BCUT2D eigenvalue weighted by Crippen LogP contribution is 2.26. The molecule has 0 aliphatic carbocycles. The highest BCUT2D eigenvalue weighted by atomic mass is 32.2. The number of benzene rings is 2. The fourth-order valence-electron chi connectivity index (χ4n) is 1.98. The van der Waals surface area contributed by atoms with Crippen LogP contribution >= 0.6 is 11.8 Å². The fraction of sp³-hybridized carbons (Fsp3) is 0. The van der Waals surface area contributed by atoms with E-state index in [2.05, 4.69) is 5.32 Å². The van der Waals surface area contributed by atoms with Gasteiger partial charge in [-0.3, -0.25) is 14.9 Å². The highest BCUT2D eigenvalue weighted by molar-refractivity contribution is 8.18. The molecule has 1 N–H and O–H groups in total. The van der Waals surface area contributed by atoms with Crippen molar-refractivity contribution in [3.63, 3.8) is 0 Å². The van der Waals surface area contributed by atoms with Crippen LogP contribution in [-0.2, 0) is 4.79 Å². The van der Waals surface area contributed by atoms with Crippen LogP contribution < -0.4 is 10.1 Å². The summed E-state index contributed by atoms with van der Waals surface area (Å²) in [7, 11) is 0. The molecule has 0 radical (unpaired) electrons. The van der Waals surface area contributed by atoms with E-state index in [1.165, 1.54) is 0 Å². The third-order valence-corrected chi connectivity index (χ3v) is 3.83. The van der Waals surface area contributed by atoms with Crippen molar-refractivity contribution in [2.45, 2.75) is 0 Å². The number of nitrogens with one attached hydrogen (secondary N) is 1. The van der Waals surface area contributed by atoms with Crippen LogP contribution in [0.4, 0.5) is 4.79 Å². The Balaban J connectivity index is 1.78. The first-order chi connectivity index (χ1) is 11.1. The fourth-order valence-corrected chi connectivity index (χ4v) is 2.66. The smallest absolute Gasteiger partial charge is 0.343 e. The zero-order chi connectivity index (χ0) is 16.2. The van der Waals surface area contributed by atoms with Gasteiger partial charge in [-0.05, 0) is 47.7 Å². The van der Waals surface area contributed by atoms with Crippen molar-refractivity contribution in [3.8, 4) is 5.75 Å². The van der Waals surface area contributed by atoms with Gasteiger partial charge in [-0.2, -0.15) is 0 Å². The van der Waals surface area contributed by atoms with Gasteiger partial charge in [0.15, 0.2) is 0 Å². The van der Waals surface area contributed by atoms with Gasteiger partial charge in [0.2, 0.25) is 0 Å². The first-order valence-corrected chi connectivity index (χ1v) is 7.55. The van der Waals surface area contributed by atoms with Gasteiger partial charge in [-0.1, -0.05) is 30.3 Å². The number of carbonyl (C=O) groups is 3. The van der Waals surface area contributed by atoms with E-state index in [0.717, 1.165) is 11.8 Å². The summed E-state index contributed by atoms with van der Waals surface area (Å²) in [6.07, 6.45) is 1.57. The number of hydrogen-bond acceptors (Lipinski definition) is 5. The predicted octanol–water partition coefficient (Wildman–Crippen LogP) is 3.23. The van der Waals surface area contributed by atoms with Crippen LogP contribution in [0.15, 0.2) is 59.5 Å². The standard InChI is InChI=1S/C17H11NO4S/c19-15-14(23-17(21)18-15)10-11-5-4-8-13(9-11)22-16(20)12-6-2-1-3-7-12/h1-10H,(H,18,19,21)/b14-10-. The first kappa shape index (κ1) is 15.1. The van der Waals surface area contributed by atoms with Crippen molar-refractivity contribution in [3.05, 3.63) is 70.6 Å². The lowest BCUT2D eigenvalue weighted by Gasteiger charge is -2.05. The van der Waals surface area contributed by atoms with Crippen molar-refractivity contribution in [2.75, 3.05) is 0 Å². The normalized spacial score (nSPS) is 15.6. The van der Waals surface area contributed by atoms with Crippen LogP contribution in [0.25, 0.3) is 6.08 Å². The van der Waals surface area contributed by atoms with Crippen molar-refractivity contribution < 1.29 is 19.1 Å².